The fourth-order valence-corrected chi connectivity index (χ4v) is 5.12. The summed E-state index contributed by atoms with van der Waals surface area (Å²) in [5.41, 5.74) is 5.24. The fourth-order valence-electron chi connectivity index (χ4n) is 5.12. The van der Waals surface area contributed by atoms with Crippen LogP contribution in [0.25, 0.3) is 11.1 Å². The molecule has 0 spiro atoms. The van der Waals surface area contributed by atoms with Gasteiger partial charge in [0.15, 0.2) is 11.5 Å². The number of Topliss-reactive ketones (excluding diaryl/α,β-unsaturated/α-hetero) is 1. The van der Waals surface area contributed by atoms with Crippen molar-refractivity contribution < 1.29 is 24.2 Å². The van der Waals surface area contributed by atoms with E-state index in [0.717, 1.165) is 59.3 Å². The van der Waals surface area contributed by atoms with Crippen molar-refractivity contribution >= 4 is 11.7 Å². The lowest BCUT2D eigenvalue weighted by atomic mass is 9.87. The standard InChI is InChI=1S/C31H33NO5/c1-3-4-25(18-33)32-30(35)23-9-7-22(8-10-23)26-15-21(6-5-20(26)2)16-29(34)31(13-14-31)24-11-12-27-28(17-24)37-19-36-27/h5-12,15,17,25,33H,3-4,13-14,16,18-19H2,1-2H3,(H,32,35)/t25-/m0/s1. The van der Waals surface area contributed by atoms with Crippen LogP contribution in [-0.4, -0.2) is 36.2 Å². The van der Waals surface area contributed by atoms with Crippen LogP contribution in [0.3, 0.4) is 0 Å². The molecule has 0 aromatic heterocycles. The maximum Gasteiger partial charge on any atom is 0.251 e. The Hall–Kier alpha value is -3.64. The van der Waals surface area contributed by atoms with E-state index in [1.54, 1.807) is 12.1 Å². The van der Waals surface area contributed by atoms with Crippen LogP contribution in [0, 0.1) is 6.92 Å². The van der Waals surface area contributed by atoms with Crippen molar-refractivity contribution in [2.75, 3.05) is 13.4 Å². The summed E-state index contributed by atoms with van der Waals surface area (Å²) in [5.74, 6) is 1.48. The summed E-state index contributed by atoms with van der Waals surface area (Å²) >= 11 is 0. The summed E-state index contributed by atoms with van der Waals surface area (Å²) in [5, 5.41) is 12.4. The van der Waals surface area contributed by atoms with Crippen LogP contribution in [-0.2, 0) is 16.6 Å². The molecule has 0 bridgehead atoms. The highest BCUT2D eigenvalue weighted by Crippen LogP contribution is 2.51. The van der Waals surface area contributed by atoms with Gasteiger partial charge >= 0.3 is 0 Å². The van der Waals surface area contributed by atoms with Gasteiger partial charge in [0.2, 0.25) is 6.79 Å². The van der Waals surface area contributed by atoms with E-state index in [9.17, 15) is 14.7 Å². The minimum atomic E-state index is -0.439. The lowest BCUT2D eigenvalue weighted by Crippen LogP contribution is -2.37. The molecule has 5 rings (SSSR count). The Kier molecular flexibility index (Phi) is 7.02. The number of ether oxygens (including phenoxy) is 2. The summed E-state index contributed by atoms with van der Waals surface area (Å²) in [4.78, 5) is 26.1. The number of rotatable bonds is 10. The maximum atomic E-state index is 13.5. The Labute approximate surface area is 217 Å². The largest absolute Gasteiger partial charge is 0.454 e. The Morgan fingerprint density at radius 3 is 2.46 bits per heavy atom. The lowest BCUT2D eigenvalue weighted by Gasteiger charge is -2.17. The van der Waals surface area contributed by atoms with E-state index in [2.05, 4.69) is 17.4 Å². The number of benzene rings is 3. The Morgan fingerprint density at radius 2 is 1.76 bits per heavy atom. The third kappa shape index (κ3) is 5.12. The van der Waals surface area contributed by atoms with E-state index in [1.165, 1.54) is 0 Å². The van der Waals surface area contributed by atoms with E-state index in [1.807, 2.05) is 50.2 Å². The van der Waals surface area contributed by atoms with E-state index in [0.29, 0.717) is 17.7 Å². The molecule has 3 aromatic carbocycles. The molecular formula is C31H33NO5. The van der Waals surface area contributed by atoms with Gasteiger partial charge in [-0.15, -0.1) is 0 Å². The van der Waals surface area contributed by atoms with Crippen LogP contribution in [0.5, 0.6) is 11.5 Å². The van der Waals surface area contributed by atoms with Crippen LogP contribution < -0.4 is 14.8 Å². The van der Waals surface area contributed by atoms with Crippen molar-refractivity contribution in [3.8, 4) is 22.6 Å². The normalized spacial score (nSPS) is 15.8. The number of hydrogen-bond donors (Lipinski definition) is 2. The summed E-state index contributed by atoms with van der Waals surface area (Å²) in [6.07, 6.45) is 3.69. The van der Waals surface area contributed by atoms with Gasteiger partial charge in [0.1, 0.15) is 5.78 Å². The van der Waals surface area contributed by atoms with Crippen LogP contribution >= 0.6 is 0 Å². The van der Waals surface area contributed by atoms with Crippen molar-refractivity contribution in [1.82, 2.24) is 5.32 Å². The SMILES string of the molecule is CCC[C@@H](CO)NC(=O)c1ccc(-c2cc(CC(=O)C3(c4ccc5c(c4)OCO5)CC3)ccc2C)cc1. The third-order valence-corrected chi connectivity index (χ3v) is 7.53. The predicted molar refractivity (Wildman–Crippen MR) is 142 cm³/mol. The second kappa shape index (κ2) is 10.4. The van der Waals surface area contributed by atoms with Crippen molar-refractivity contribution in [2.24, 2.45) is 0 Å². The molecule has 6 heteroatoms. The number of aryl methyl sites for hydroxylation is 1. The molecule has 0 saturated heterocycles. The first-order chi connectivity index (χ1) is 17.9. The van der Waals surface area contributed by atoms with Crippen LogP contribution in [0.15, 0.2) is 60.7 Å². The van der Waals surface area contributed by atoms with E-state index in [4.69, 9.17) is 9.47 Å². The summed E-state index contributed by atoms with van der Waals surface area (Å²) in [6.45, 7) is 4.22. The number of aliphatic hydroxyl groups is 1. The van der Waals surface area contributed by atoms with Crippen molar-refractivity contribution in [2.45, 2.75) is 57.4 Å². The highest BCUT2D eigenvalue weighted by atomic mass is 16.7. The highest BCUT2D eigenvalue weighted by molar-refractivity contribution is 5.96. The second-order valence-electron chi connectivity index (χ2n) is 10.1. The Balaban J connectivity index is 1.31. The van der Waals surface area contributed by atoms with Gasteiger partial charge in [-0.3, -0.25) is 9.59 Å². The van der Waals surface area contributed by atoms with E-state index < -0.39 is 5.41 Å². The molecule has 0 radical (unpaired) electrons. The first kappa shape index (κ1) is 25.0. The molecule has 1 heterocycles. The van der Waals surface area contributed by atoms with Gasteiger partial charge < -0.3 is 19.9 Å². The van der Waals surface area contributed by atoms with Gasteiger partial charge in [-0.05, 0) is 78.3 Å². The first-order valence-corrected chi connectivity index (χ1v) is 13.0. The Morgan fingerprint density at radius 1 is 1.00 bits per heavy atom. The molecule has 1 saturated carbocycles. The van der Waals surface area contributed by atoms with Gasteiger partial charge in [-0.2, -0.15) is 0 Å². The van der Waals surface area contributed by atoms with Crippen molar-refractivity contribution in [1.29, 1.82) is 0 Å². The molecule has 1 aliphatic carbocycles. The zero-order chi connectivity index (χ0) is 26.0. The monoisotopic (exact) mass is 499 g/mol. The molecule has 3 aromatic rings. The number of carbonyl (C=O) groups is 2. The molecular weight excluding hydrogens is 466 g/mol. The number of nitrogens with one attached hydrogen (secondary N) is 1. The minimum absolute atomic E-state index is 0.0711. The second-order valence-corrected chi connectivity index (χ2v) is 10.1. The number of aliphatic hydroxyl groups excluding tert-OH is 1. The summed E-state index contributed by atoms with van der Waals surface area (Å²) in [6, 6.07) is 19.2. The topological polar surface area (TPSA) is 84.9 Å². The first-order valence-electron chi connectivity index (χ1n) is 13.0. The highest BCUT2D eigenvalue weighted by Gasteiger charge is 2.50. The number of ketones is 1. The fraction of sp³-hybridized carbons (Fsp3) is 0.355. The predicted octanol–water partition coefficient (Wildman–Crippen LogP) is 5.12. The number of carbonyl (C=O) groups excluding carboxylic acids is 2. The summed E-state index contributed by atoms with van der Waals surface area (Å²) in [7, 11) is 0. The molecule has 0 unspecified atom stereocenters. The van der Waals surface area contributed by atoms with Crippen molar-refractivity contribution in [3.63, 3.8) is 0 Å². The van der Waals surface area contributed by atoms with Crippen LogP contribution in [0.2, 0.25) is 0 Å². The zero-order valence-corrected chi connectivity index (χ0v) is 21.4. The van der Waals surface area contributed by atoms with E-state index in [-0.39, 0.29) is 31.1 Å². The number of fused-ring (bicyclic) bond motifs is 1. The number of hydrogen-bond acceptors (Lipinski definition) is 5. The lowest BCUT2D eigenvalue weighted by molar-refractivity contribution is -0.120. The molecule has 1 aliphatic heterocycles. The molecule has 2 aliphatic rings. The van der Waals surface area contributed by atoms with Crippen molar-refractivity contribution in [3.05, 3.63) is 82.9 Å². The van der Waals surface area contributed by atoms with Gasteiger partial charge in [0.25, 0.3) is 5.91 Å². The molecule has 6 nitrogen and oxygen atoms in total. The Bertz CT molecular complexity index is 1310. The zero-order valence-electron chi connectivity index (χ0n) is 21.4. The third-order valence-electron chi connectivity index (χ3n) is 7.53. The summed E-state index contributed by atoms with van der Waals surface area (Å²) < 4.78 is 10.9. The number of amides is 1. The van der Waals surface area contributed by atoms with Gasteiger partial charge in [0, 0.05) is 12.0 Å². The van der Waals surface area contributed by atoms with Gasteiger partial charge in [0.05, 0.1) is 18.1 Å². The average Bonchev–Trinajstić information content (AvgIpc) is 3.60. The molecule has 1 atom stereocenters. The quantitative estimate of drug-likeness (QED) is 0.404. The molecule has 1 fully saturated rings. The van der Waals surface area contributed by atoms with E-state index >= 15 is 0 Å². The van der Waals surface area contributed by atoms with Crippen LogP contribution in [0.1, 0.15) is 59.7 Å². The molecule has 37 heavy (non-hydrogen) atoms. The van der Waals surface area contributed by atoms with Crippen LogP contribution in [0.4, 0.5) is 0 Å². The van der Waals surface area contributed by atoms with Gasteiger partial charge in [-0.25, -0.2) is 0 Å². The van der Waals surface area contributed by atoms with Gasteiger partial charge in [-0.1, -0.05) is 49.7 Å². The smallest absolute Gasteiger partial charge is 0.251 e. The maximum absolute atomic E-state index is 13.5. The molecule has 1 amide bonds. The minimum Gasteiger partial charge on any atom is -0.454 e. The molecule has 2 N–H and O–H groups in total. The average molecular weight is 500 g/mol. The molecule has 192 valence electrons.